The zero-order chi connectivity index (χ0) is 15.7. The van der Waals surface area contributed by atoms with Crippen molar-refractivity contribution in [3.05, 3.63) is 41.6 Å². The second-order valence-corrected chi connectivity index (χ2v) is 3.99. The average Bonchev–Trinajstić information content (AvgIpc) is 2.52. The van der Waals surface area contributed by atoms with Crippen molar-refractivity contribution in [3.63, 3.8) is 0 Å². The minimum Gasteiger partial charge on any atom is -0.464 e. The number of benzene rings is 1. The number of hydrogen-bond acceptors (Lipinski definition) is 5. The van der Waals surface area contributed by atoms with Crippen LogP contribution < -0.4 is 16.4 Å². The highest BCUT2D eigenvalue weighted by atomic mass is 16.5. The molecule has 0 radical (unpaired) electrons. The first-order valence-corrected chi connectivity index (χ1v) is 6.18. The van der Waals surface area contributed by atoms with Crippen LogP contribution >= 0.6 is 0 Å². The van der Waals surface area contributed by atoms with Gasteiger partial charge in [-0.25, -0.2) is 4.79 Å². The Balaban J connectivity index is 2.76. The van der Waals surface area contributed by atoms with E-state index < -0.39 is 17.8 Å². The molecule has 0 aromatic heterocycles. The molecule has 7 nitrogen and oxygen atoms in total. The number of rotatable bonds is 6. The maximum absolute atomic E-state index is 11.7. The summed E-state index contributed by atoms with van der Waals surface area (Å²) >= 11 is 0. The standard InChI is InChI=1S/C14H17N3O4/c1-21-14(20)11(7-10-5-3-2-4-6-10)17-13(19)9-16-12(18)8-15/h2-7H,8-9,15H2,1H3,(H,16,18)(H,17,19). The van der Waals surface area contributed by atoms with Crippen LogP contribution in [0.5, 0.6) is 0 Å². The van der Waals surface area contributed by atoms with Crippen LogP contribution in [-0.2, 0) is 19.1 Å². The Hall–Kier alpha value is -2.67. The van der Waals surface area contributed by atoms with E-state index in [0.717, 1.165) is 5.56 Å². The van der Waals surface area contributed by atoms with Gasteiger partial charge in [0.15, 0.2) is 0 Å². The molecule has 0 heterocycles. The van der Waals surface area contributed by atoms with Crippen LogP contribution in [0.3, 0.4) is 0 Å². The Morgan fingerprint density at radius 1 is 1.19 bits per heavy atom. The van der Waals surface area contributed by atoms with Gasteiger partial charge in [0.1, 0.15) is 5.70 Å². The molecule has 2 amide bonds. The average molecular weight is 291 g/mol. The highest BCUT2D eigenvalue weighted by Crippen LogP contribution is 2.05. The van der Waals surface area contributed by atoms with Crippen molar-refractivity contribution in [2.24, 2.45) is 5.73 Å². The molecule has 0 spiro atoms. The number of methoxy groups -OCH3 is 1. The lowest BCUT2D eigenvalue weighted by Crippen LogP contribution is -2.40. The number of carbonyl (C=O) groups is 3. The summed E-state index contributed by atoms with van der Waals surface area (Å²) in [6.07, 6.45) is 1.48. The van der Waals surface area contributed by atoms with E-state index in [9.17, 15) is 14.4 Å². The molecule has 4 N–H and O–H groups in total. The van der Waals surface area contributed by atoms with Gasteiger partial charge in [-0.1, -0.05) is 30.3 Å². The van der Waals surface area contributed by atoms with Crippen molar-refractivity contribution in [2.75, 3.05) is 20.2 Å². The lowest BCUT2D eigenvalue weighted by Gasteiger charge is -2.09. The van der Waals surface area contributed by atoms with Crippen molar-refractivity contribution in [2.45, 2.75) is 0 Å². The SMILES string of the molecule is COC(=O)C(=Cc1ccccc1)NC(=O)CNC(=O)CN. The molecule has 21 heavy (non-hydrogen) atoms. The van der Waals surface area contributed by atoms with Gasteiger partial charge in [0.25, 0.3) is 0 Å². The van der Waals surface area contributed by atoms with Gasteiger partial charge >= 0.3 is 5.97 Å². The number of carbonyl (C=O) groups excluding carboxylic acids is 3. The molecule has 112 valence electrons. The molecule has 0 aliphatic rings. The minimum absolute atomic E-state index is 0.0179. The zero-order valence-electron chi connectivity index (χ0n) is 11.6. The van der Waals surface area contributed by atoms with E-state index in [1.54, 1.807) is 24.3 Å². The van der Waals surface area contributed by atoms with Gasteiger partial charge in [-0.05, 0) is 11.6 Å². The van der Waals surface area contributed by atoms with Crippen LogP contribution in [0.15, 0.2) is 36.0 Å². The molecular weight excluding hydrogens is 274 g/mol. The molecule has 0 saturated heterocycles. The number of nitrogens with two attached hydrogens (primary N) is 1. The van der Waals surface area contributed by atoms with Crippen LogP contribution in [0, 0.1) is 0 Å². The highest BCUT2D eigenvalue weighted by molar-refractivity contribution is 5.98. The third kappa shape index (κ3) is 5.87. The molecule has 1 aromatic carbocycles. The molecule has 1 aromatic rings. The van der Waals surface area contributed by atoms with Crippen LogP contribution in [0.25, 0.3) is 6.08 Å². The van der Waals surface area contributed by atoms with E-state index in [0.29, 0.717) is 0 Å². The van der Waals surface area contributed by atoms with E-state index in [4.69, 9.17) is 5.73 Å². The van der Waals surface area contributed by atoms with Crippen LogP contribution in [0.4, 0.5) is 0 Å². The quantitative estimate of drug-likeness (QED) is 0.478. The van der Waals surface area contributed by atoms with E-state index >= 15 is 0 Å². The fraction of sp³-hybridized carbons (Fsp3) is 0.214. The van der Waals surface area contributed by atoms with Gasteiger partial charge < -0.3 is 21.1 Å². The maximum Gasteiger partial charge on any atom is 0.354 e. The van der Waals surface area contributed by atoms with E-state index in [1.165, 1.54) is 13.2 Å². The smallest absolute Gasteiger partial charge is 0.354 e. The molecular formula is C14H17N3O4. The first kappa shape index (κ1) is 16.4. The minimum atomic E-state index is -0.683. The molecule has 0 bridgehead atoms. The molecule has 0 fully saturated rings. The van der Waals surface area contributed by atoms with Crippen molar-refractivity contribution in [3.8, 4) is 0 Å². The predicted molar refractivity (Wildman–Crippen MR) is 76.6 cm³/mol. The number of nitrogens with one attached hydrogen (secondary N) is 2. The maximum atomic E-state index is 11.7. The highest BCUT2D eigenvalue weighted by Gasteiger charge is 2.13. The number of hydrogen-bond donors (Lipinski definition) is 3. The number of esters is 1. The second kappa shape index (κ2) is 8.49. The van der Waals surface area contributed by atoms with Crippen molar-refractivity contribution in [1.29, 1.82) is 0 Å². The summed E-state index contributed by atoms with van der Waals surface area (Å²) in [5, 5.41) is 4.69. The third-order valence-electron chi connectivity index (χ3n) is 2.42. The fourth-order valence-electron chi connectivity index (χ4n) is 1.42. The summed E-state index contributed by atoms with van der Waals surface area (Å²) < 4.78 is 4.60. The first-order valence-electron chi connectivity index (χ1n) is 6.18. The van der Waals surface area contributed by atoms with E-state index in [2.05, 4.69) is 15.4 Å². The van der Waals surface area contributed by atoms with Gasteiger partial charge in [-0.15, -0.1) is 0 Å². The van der Waals surface area contributed by atoms with Crippen molar-refractivity contribution >= 4 is 23.9 Å². The van der Waals surface area contributed by atoms with Gasteiger partial charge in [-0.2, -0.15) is 0 Å². The van der Waals surface area contributed by atoms with Gasteiger partial charge in [-0.3, -0.25) is 9.59 Å². The third-order valence-corrected chi connectivity index (χ3v) is 2.42. The summed E-state index contributed by atoms with van der Waals surface area (Å²) in [7, 11) is 1.21. The fourth-order valence-corrected chi connectivity index (χ4v) is 1.42. The largest absolute Gasteiger partial charge is 0.464 e. The molecule has 0 aliphatic carbocycles. The van der Waals surface area contributed by atoms with Crippen molar-refractivity contribution < 1.29 is 19.1 Å². The number of ether oxygens (including phenoxy) is 1. The topological polar surface area (TPSA) is 111 Å². The van der Waals surface area contributed by atoms with Gasteiger partial charge in [0.2, 0.25) is 11.8 Å². The Labute approximate surface area is 122 Å². The van der Waals surface area contributed by atoms with E-state index in [1.807, 2.05) is 6.07 Å². The van der Waals surface area contributed by atoms with E-state index in [-0.39, 0.29) is 18.8 Å². The van der Waals surface area contributed by atoms with Gasteiger partial charge in [0.05, 0.1) is 20.2 Å². The van der Waals surface area contributed by atoms with Gasteiger partial charge in [0, 0.05) is 0 Å². The first-order chi connectivity index (χ1) is 10.1. The summed E-state index contributed by atoms with van der Waals surface area (Å²) in [4.78, 5) is 34.3. The van der Waals surface area contributed by atoms with Crippen LogP contribution in [0.1, 0.15) is 5.56 Å². The Morgan fingerprint density at radius 2 is 1.86 bits per heavy atom. The molecule has 0 saturated carbocycles. The lowest BCUT2D eigenvalue weighted by molar-refractivity contribution is -0.137. The monoisotopic (exact) mass is 291 g/mol. The lowest BCUT2D eigenvalue weighted by atomic mass is 10.2. The summed E-state index contributed by atoms with van der Waals surface area (Å²) in [6, 6.07) is 8.96. The Bertz CT molecular complexity index is 540. The molecule has 0 atom stereocenters. The molecule has 7 heteroatoms. The summed E-state index contributed by atoms with van der Waals surface area (Å²) in [5.41, 5.74) is 5.81. The molecule has 0 aliphatic heterocycles. The van der Waals surface area contributed by atoms with Crippen molar-refractivity contribution in [1.82, 2.24) is 10.6 Å². The summed E-state index contributed by atoms with van der Waals surface area (Å²) in [6.45, 7) is -0.490. The van der Waals surface area contributed by atoms with Crippen LogP contribution in [-0.4, -0.2) is 38.0 Å². The summed E-state index contributed by atoms with van der Waals surface area (Å²) in [5.74, 6) is -1.70. The molecule has 0 unspecified atom stereocenters. The Kier molecular flexibility index (Phi) is 6.62. The van der Waals surface area contributed by atoms with Crippen LogP contribution in [0.2, 0.25) is 0 Å². The normalized spacial score (nSPS) is 10.7. The number of amides is 2. The second-order valence-electron chi connectivity index (χ2n) is 3.99. The molecule has 1 rings (SSSR count). The Morgan fingerprint density at radius 3 is 2.43 bits per heavy atom. The zero-order valence-corrected chi connectivity index (χ0v) is 11.6. The predicted octanol–water partition coefficient (Wildman–Crippen LogP) is -0.608.